The van der Waals surface area contributed by atoms with Gasteiger partial charge in [-0.3, -0.25) is 0 Å². The molecular formula is C17H12Cl2FN3. The number of halogens is 3. The Morgan fingerprint density at radius 1 is 1.13 bits per heavy atom. The van der Waals surface area contributed by atoms with Crippen LogP contribution < -0.4 is 4.90 Å². The summed E-state index contributed by atoms with van der Waals surface area (Å²) in [5.74, 6) is -0.445. The van der Waals surface area contributed by atoms with Gasteiger partial charge in [-0.15, -0.1) is 0 Å². The van der Waals surface area contributed by atoms with Gasteiger partial charge in [-0.1, -0.05) is 29.3 Å². The molecular weight excluding hydrogens is 336 g/mol. The van der Waals surface area contributed by atoms with E-state index >= 15 is 0 Å². The Morgan fingerprint density at radius 2 is 1.96 bits per heavy atom. The average Bonchev–Trinajstić information content (AvgIpc) is 2.90. The van der Waals surface area contributed by atoms with E-state index in [0.29, 0.717) is 17.3 Å². The second-order valence-corrected chi connectivity index (χ2v) is 6.29. The minimum Gasteiger partial charge on any atom is -0.333 e. The van der Waals surface area contributed by atoms with Gasteiger partial charge in [0.2, 0.25) is 0 Å². The number of imidazole rings is 1. The highest BCUT2D eigenvalue weighted by Crippen LogP contribution is 2.45. The first-order valence-electron chi connectivity index (χ1n) is 7.08. The molecule has 1 aliphatic heterocycles. The lowest BCUT2D eigenvalue weighted by atomic mass is 10.0. The molecule has 4 rings (SSSR count). The molecule has 0 aliphatic carbocycles. The van der Waals surface area contributed by atoms with Crippen LogP contribution in [0.25, 0.3) is 11.3 Å². The number of aryl methyl sites for hydroxylation is 1. The van der Waals surface area contributed by atoms with E-state index in [-0.39, 0.29) is 5.02 Å². The van der Waals surface area contributed by atoms with Crippen molar-refractivity contribution in [2.75, 3.05) is 4.90 Å². The van der Waals surface area contributed by atoms with Crippen LogP contribution in [0.2, 0.25) is 10.0 Å². The number of hydrogen-bond donors (Lipinski definition) is 0. The first kappa shape index (κ1) is 14.5. The molecule has 116 valence electrons. The van der Waals surface area contributed by atoms with Crippen LogP contribution in [-0.4, -0.2) is 9.55 Å². The second-order valence-electron chi connectivity index (χ2n) is 5.47. The molecule has 2 aromatic carbocycles. The van der Waals surface area contributed by atoms with E-state index in [1.165, 1.54) is 6.07 Å². The zero-order valence-electron chi connectivity index (χ0n) is 12.2. The van der Waals surface area contributed by atoms with E-state index in [2.05, 4.69) is 4.98 Å². The van der Waals surface area contributed by atoms with Gasteiger partial charge < -0.3 is 9.47 Å². The standard InChI is InChI=1S/C17H12Cl2FN3/c1-22-9-21-13-8-23(14-4-2-3-12(20)16(14)19)15-7-10(18)5-6-11(15)17(13)22/h2-7,9H,8H2,1H3. The molecule has 3 nitrogen and oxygen atoms in total. The van der Waals surface area contributed by atoms with Crippen molar-refractivity contribution >= 4 is 34.6 Å². The monoisotopic (exact) mass is 347 g/mol. The maximum Gasteiger partial charge on any atom is 0.143 e. The summed E-state index contributed by atoms with van der Waals surface area (Å²) in [6.45, 7) is 0.507. The van der Waals surface area contributed by atoms with Crippen molar-refractivity contribution in [3.8, 4) is 11.3 Å². The zero-order chi connectivity index (χ0) is 16.1. The quantitative estimate of drug-likeness (QED) is 0.604. The van der Waals surface area contributed by atoms with Crippen LogP contribution >= 0.6 is 23.2 Å². The van der Waals surface area contributed by atoms with Crippen molar-refractivity contribution in [1.29, 1.82) is 0 Å². The van der Waals surface area contributed by atoms with Crippen molar-refractivity contribution in [2.45, 2.75) is 6.54 Å². The smallest absolute Gasteiger partial charge is 0.143 e. The van der Waals surface area contributed by atoms with Crippen LogP contribution in [0.5, 0.6) is 0 Å². The van der Waals surface area contributed by atoms with E-state index in [1.807, 2.05) is 34.7 Å². The fourth-order valence-corrected chi connectivity index (χ4v) is 3.41. The van der Waals surface area contributed by atoms with Gasteiger partial charge in [-0.05, 0) is 30.3 Å². The molecule has 0 bridgehead atoms. The third-order valence-corrected chi connectivity index (χ3v) is 4.66. The summed E-state index contributed by atoms with van der Waals surface area (Å²) in [5, 5.41) is 0.713. The number of benzene rings is 2. The number of hydrogen-bond acceptors (Lipinski definition) is 2. The fraction of sp³-hybridized carbons (Fsp3) is 0.118. The molecule has 0 atom stereocenters. The Morgan fingerprint density at radius 3 is 2.78 bits per heavy atom. The van der Waals surface area contributed by atoms with Gasteiger partial charge in [-0.25, -0.2) is 9.37 Å². The summed E-state index contributed by atoms with van der Waals surface area (Å²) >= 11 is 12.4. The van der Waals surface area contributed by atoms with Crippen molar-refractivity contribution in [1.82, 2.24) is 9.55 Å². The van der Waals surface area contributed by atoms with Gasteiger partial charge in [0.05, 0.1) is 40.7 Å². The van der Waals surface area contributed by atoms with Gasteiger partial charge in [0.25, 0.3) is 0 Å². The Bertz CT molecular complexity index is 920. The molecule has 23 heavy (non-hydrogen) atoms. The van der Waals surface area contributed by atoms with Gasteiger partial charge >= 0.3 is 0 Å². The van der Waals surface area contributed by atoms with Crippen LogP contribution in [-0.2, 0) is 13.6 Å². The number of aromatic nitrogens is 2. The van der Waals surface area contributed by atoms with E-state index in [1.54, 1.807) is 18.5 Å². The molecule has 3 aromatic rings. The highest BCUT2D eigenvalue weighted by Gasteiger charge is 2.28. The summed E-state index contributed by atoms with van der Waals surface area (Å²) in [7, 11) is 1.95. The lowest BCUT2D eigenvalue weighted by Gasteiger charge is -2.32. The third kappa shape index (κ3) is 2.21. The number of fused-ring (bicyclic) bond motifs is 3. The Hall–Kier alpha value is -2.04. The molecule has 1 aromatic heterocycles. The second kappa shape index (κ2) is 5.25. The minimum atomic E-state index is -0.445. The van der Waals surface area contributed by atoms with Crippen molar-refractivity contribution < 1.29 is 4.39 Å². The van der Waals surface area contributed by atoms with Crippen LogP contribution in [0.3, 0.4) is 0 Å². The summed E-state index contributed by atoms with van der Waals surface area (Å²) in [5.41, 5.74) is 4.45. The van der Waals surface area contributed by atoms with Gasteiger partial charge in [-0.2, -0.15) is 0 Å². The predicted octanol–water partition coefficient (Wildman–Crippen LogP) is 5.18. The molecule has 1 aliphatic rings. The largest absolute Gasteiger partial charge is 0.333 e. The topological polar surface area (TPSA) is 21.1 Å². The van der Waals surface area contributed by atoms with Crippen molar-refractivity contribution in [3.63, 3.8) is 0 Å². The highest BCUT2D eigenvalue weighted by atomic mass is 35.5. The van der Waals surface area contributed by atoms with Crippen molar-refractivity contribution in [2.24, 2.45) is 7.05 Å². The van der Waals surface area contributed by atoms with E-state index in [4.69, 9.17) is 23.2 Å². The molecule has 6 heteroatoms. The molecule has 0 spiro atoms. The first-order chi connectivity index (χ1) is 11.1. The third-order valence-electron chi connectivity index (χ3n) is 4.05. The van der Waals surface area contributed by atoms with E-state index in [0.717, 1.165) is 22.6 Å². The van der Waals surface area contributed by atoms with E-state index < -0.39 is 5.82 Å². The van der Waals surface area contributed by atoms with Gasteiger partial charge in [0, 0.05) is 17.6 Å². The van der Waals surface area contributed by atoms with Crippen LogP contribution in [0, 0.1) is 5.82 Å². The van der Waals surface area contributed by atoms with Crippen LogP contribution in [0.1, 0.15) is 5.69 Å². The Kier molecular flexibility index (Phi) is 3.32. The summed E-state index contributed by atoms with van der Waals surface area (Å²) in [6, 6.07) is 10.5. The van der Waals surface area contributed by atoms with Gasteiger partial charge in [0.15, 0.2) is 0 Å². The Labute approximate surface area is 142 Å². The molecule has 0 fully saturated rings. The first-order valence-corrected chi connectivity index (χ1v) is 7.83. The highest BCUT2D eigenvalue weighted by molar-refractivity contribution is 6.33. The fourth-order valence-electron chi connectivity index (χ4n) is 3.02. The predicted molar refractivity (Wildman–Crippen MR) is 90.9 cm³/mol. The number of rotatable bonds is 1. The summed E-state index contributed by atoms with van der Waals surface area (Å²) in [4.78, 5) is 6.40. The number of nitrogens with zero attached hydrogens (tertiary/aromatic N) is 3. The summed E-state index contributed by atoms with van der Waals surface area (Å²) < 4.78 is 15.9. The van der Waals surface area contributed by atoms with Crippen LogP contribution in [0.4, 0.5) is 15.8 Å². The molecule has 2 heterocycles. The maximum atomic E-state index is 13.9. The Balaban J connectivity index is 1.98. The van der Waals surface area contributed by atoms with Crippen molar-refractivity contribution in [3.05, 3.63) is 64.3 Å². The molecule has 0 saturated carbocycles. The normalized spacial score (nSPS) is 13.0. The van der Waals surface area contributed by atoms with Gasteiger partial charge in [0.1, 0.15) is 5.82 Å². The van der Waals surface area contributed by atoms with Crippen LogP contribution in [0.15, 0.2) is 42.7 Å². The molecule has 0 amide bonds. The molecule has 0 radical (unpaired) electrons. The lowest BCUT2D eigenvalue weighted by molar-refractivity contribution is 0.628. The average molecular weight is 348 g/mol. The lowest BCUT2D eigenvalue weighted by Crippen LogP contribution is -2.22. The molecule has 0 saturated heterocycles. The zero-order valence-corrected chi connectivity index (χ0v) is 13.7. The molecule has 0 N–H and O–H groups in total. The number of anilines is 2. The minimum absolute atomic E-state index is 0.0952. The summed E-state index contributed by atoms with van der Waals surface area (Å²) in [6.07, 6.45) is 1.78. The molecule has 0 unspecified atom stereocenters. The maximum absolute atomic E-state index is 13.9. The SMILES string of the molecule is Cn1cnc2c1-c1ccc(Cl)cc1N(c1cccc(F)c1Cl)C2. The van der Waals surface area contributed by atoms with E-state index in [9.17, 15) is 4.39 Å².